The second-order valence-electron chi connectivity index (χ2n) is 4.58. The van der Waals surface area contributed by atoms with Crippen molar-refractivity contribution in [1.82, 2.24) is 15.1 Å². The number of thiophene rings is 2. The zero-order valence-corrected chi connectivity index (χ0v) is 14.5. The van der Waals surface area contributed by atoms with Crippen molar-refractivity contribution in [3.8, 4) is 20.6 Å². The van der Waals surface area contributed by atoms with Crippen molar-refractivity contribution in [1.29, 1.82) is 0 Å². The van der Waals surface area contributed by atoms with Gasteiger partial charge in [-0.1, -0.05) is 17.3 Å². The summed E-state index contributed by atoms with van der Waals surface area (Å²) in [5, 5.41) is 10.2. The Kier molecular flexibility index (Phi) is 4.20. The molecule has 0 aromatic carbocycles. The summed E-state index contributed by atoms with van der Waals surface area (Å²) in [7, 11) is 0. The number of carbonyl (C=O) groups is 1. The smallest absolute Gasteiger partial charge is 0.358 e. The van der Waals surface area contributed by atoms with Crippen LogP contribution < -0.4 is 0 Å². The fourth-order valence-electron chi connectivity index (χ4n) is 1.90. The van der Waals surface area contributed by atoms with Gasteiger partial charge in [-0.05, 0) is 22.9 Å². The third kappa shape index (κ3) is 3.14. The summed E-state index contributed by atoms with van der Waals surface area (Å²) in [5.74, 6) is 0.232. The highest BCUT2D eigenvalue weighted by atomic mass is 32.1. The molecule has 0 aliphatic heterocycles. The van der Waals surface area contributed by atoms with Gasteiger partial charge in [0.2, 0.25) is 5.82 Å². The van der Waals surface area contributed by atoms with E-state index < -0.39 is 5.97 Å². The summed E-state index contributed by atoms with van der Waals surface area (Å²) in [6, 6.07) is 7.71. The van der Waals surface area contributed by atoms with Crippen molar-refractivity contribution in [2.75, 3.05) is 0 Å². The first-order valence-corrected chi connectivity index (χ1v) is 9.46. The molecule has 0 saturated carbocycles. The summed E-state index contributed by atoms with van der Waals surface area (Å²) in [5.41, 5.74) is 0.279. The molecule has 120 valence electrons. The van der Waals surface area contributed by atoms with E-state index in [1.807, 2.05) is 35.0 Å². The molecular weight excluding hydrogens is 366 g/mol. The first-order chi connectivity index (χ1) is 11.8. The fourth-order valence-corrected chi connectivity index (χ4v) is 4.15. The van der Waals surface area contributed by atoms with Crippen LogP contribution in [-0.2, 0) is 11.3 Å². The van der Waals surface area contributed by atoms with E-state index in [1.165, 1.54) is 22.7 Å². The lowest BCUT2D eigenvalue weighted by Crippen LogP contribution is -2.05. The molecule has 0 N–H and O–H groups in total. The van der Waals surface area contributed by atoms with Crippen LogP contribution in [0.1, 0.15) is 16.4 Å². The second-order valence-corrected chi connectivity index (χ2v) is 7.33. The van der Waals surface area contributed by atoms with Gasteiger partial charge in [0.15, 0.2) is 12.3 Å². The molecule has 0 unspecified atom stereocenters. The summed E-state index contributed by atoms with van der Waals surface area (Å²) >= 11 is 4.50. The van der Waals surface area contributed by atoms with Crippen LogP contribution in [0.15, 0.2) is 44.9 Å². The summed E-state index contributed by atoms with van der Waals surface area (Å²) < 4.78 is 10.3. The summed E-state index contributed by atoms with van der Waals surface area (Å²) in [6.07, 6.45) is 0. The van der Waals surface area contributed by atoms with Gasteiger partial charge < -0.3 is 9.26 Å². The van der Waals surface area contributed by atoms with Gasteiger partial charge in [-0.25, -0.2) is 9.78 Å². The molecule has 0 saturated heterocycles. The number of hydrogen-bond acceptors (Lipinski definition) is 9. The van der Waals surface area contributed by atoms with Gasteiger partial charge in [0.05, 0.1) is 9.75 Å². The maximum Gasteiger partial charge on any atom is 0.358 e. The Morgan fingerprint density at radius 1 is 1.08 bits per heavy atom. The molecule has 0 amide bonds. The Hall–Kier alpha value is -2.36. The highest BCUT2D eigenvalue weighted by Crippen LogP contribution is 2.28. The van der Waals surface area contributed by atoms with Crippen LogP contribution in [0.3, 0.4) is 0 Å². The van der Waals surface area contributed by atoms with Crippen LogP contribution in [0.5, 0.6) is 0 Å². The van der Waals surface area contributed by atoms with E-state index in [-0.39, 0.29) is 18.2 Å². The van der Waals surface area contributed by atoms with E-state index in [9.17, 15) is 4.79 Å². The number of ether oxygens (including phenoxy) is 1. The Morgan fingerprint density at radius 3 is 2.62 bits per heavy atom. The maximum absolute atomic E-state index is 12.1. The zero-order valence-electron chi connectivity index (χ0n) is 12.0. The van der Waals surface area contributed by atoms with Crippen molar-refractivity contribution in [2.24, 2.45) is 0 Å². The van der Waals surface area contributed by atoms with E-state index in [4.69, 9.17) is 9.26 Å². The Morgan fingerprint density at radius 2 is 1.88 bits per heavy atom. The number of nitrogens with zero attached hydrogens (tertiary/aromatic N) is 3. The van der Waals surface area contributed by atoms with Crippen molar-refractivity contribution >= 4 is 40.0 Å². The SMILES string of the molecule is O=C(OCc1nc(-c2cccs2)no1)c1csc(-c2cccs2)n1. The first-order valence-electron chi connectivity index (χ1n) is 6.82. The van der Waals surface area contributed by atoms with Crippen LogP contribution in [0.2, 0.25) is 0 Å². The van der Waals surface area contributed by atoms with Crippen LogP contribution in [-0.4, -0.2) is 21.1 Å². The van der Waals surface area contributed by atoms with Gasteiger partial charge in [-0.15, -0.1) is 34.0 Å². The molecule has 0 aliphatic rings. The molecule has 24 heavy (non-hydrogen) atoms. The average Bonchev–Trinajstić information content (AvgIpc) is 3.40. The minimum absolute atomic E-state index is 0.0803. The van der Waals surface area contributed by atoms with Crippen LogP contribution in [0.4, 0.5) is 0 Å². The lowest BCUT2D eigenvalue weighted by molar-refractivity contribution is 0.0424. The summed E-state index contributed by atoms with van der Waals surface area (Å²) in [6.45, 7) is -0.0803. The monoisotopic (exact) mass is 375 g/mol. The predicted octanol–water partition coefficient (Wildman–Crippen LogP) is 4.34. The number of thiazole rings is 1. The van der Waals surface area contributed by atoms with Gasteiger partial charge in [-0.3, -0.25) is 0 Å². The van der Waals surface area contributed by atoms with E-state index in [2.05, 4.69) is 15.1 Å². The minimum atomic E-state index is -0.509. The zero-order chi connectivity index (χ0) is 16.4. The van der Waals surface area contributed by atoms with E-state index >= 15 is 0 Å². The molecule has 0 fully saturated rings. The van der Waals surface area contributed by atoms with Crippen molar-refractivity contribution in [3.05, 3.63) is 52.0 Å². The van der Waals surface area contributed by atoms with E-state index in [1.54, 1.807) is 16.7 Å². The third-order valence-corrected chi connectivity index (χ3v) is 5.73. The van der Waals surface area contributed by atoms with Gasteiger partial charge in [0.1, 0.15) is 5.01 Å². The second kappa shape index (κ2) is 6.63. The summed E-state index contributed by atoms with van der Waals surface area (Å²) in [4.78, 5) is 22.5. The highest BCUT2D eigenvalue weighted by molar-refractivity contribution is 7.20. The molecule has 6 nitrogen and oxygen atoms in total. The van der Waals surface area contributed by atoms with Crippen LogP contribution in [0, 0.1) is 0 Å². The quantitative estimate of drug-likeness (QED) is 0.483. The maximum atomic E-state index is 12.1. The van der Waals surface area contributed by atoms with Gasteiger partial charge in [0.25, 0.3) is 5.89 Å². The lowest BCUT2D eigenvalue weighted by Gasteiger charge is -1.97. The Bertz CT molecular complexity index is 942. The number of esters is 1. The molecule has 4 heterocycles. The average molecular weight is 375 g/mol. The largest absolute Gasteiger partial charge is 0.451 e. The molecular formula is C15H9N3O3S3. The third-order valence-electron chi connectivity index (χ3n) is 2.98. The molecule has 0 radical (unpaired) electrons. The molecule has 4 aromatic rings. The van der Waals surface area contributed by atoms with E-state index in [0.29, 0.717) is 5.82 Å². The molecule has 4 rings (SSSR count). The normalized spacial score (nSPS) is 10.8. The first kappa shape index (κ1) is 15.2. The minimum Gasteiger partial charge on any atom is -0.451 e. The topological polar surface area (TPSA) is 78.1 Å². The predicted molar refractivity (Wildman–Crippen MR) is 92.2 cm³/mol. The molecule has 0 atom stereocenters. The van der Waals surface area contributed by atoms with Gasteiger partial charge in [-0.2, -0.15) is 4.98 Å². The molecule has 0 aliphatic carbocycles. The number of aromatic nitrogens is 3. The number of carbonyl (C=O) groups excluding carboxylic acids is 1. The standard InChI is InChI=1S/C15H9N3O3S3/c19-15(9-8-24-14(16-9)11-4-2-6-23-11)20-7-12-17-13(18-21-12)10-3-1-5-22-10/h1-6,8H,7H2. The fraction of sp³-hybridized carbons (Fsp3) is 0.0667. The number of rotatable bonds is 5. The highest BCUT2D eigenvalue weighted by Gasteiger charge is 2.16. The van der Waals surface area contributed by atoms with Crippen molar-refractivity contribution in [3.63, 3.8) is 0 Å². The molecule has 0 bridgehead atoms. The molecule has 0 spiro atoms. The van der Waals surface area contributed by atoms with E-state index in [0.717, 1.165) is 14.8 Å². The van der Waals surface area contributed by atoms with Crippen molar-refractivity contribution < 1.29 is 14.1 Å². The molecule has 4 aromatic heterocycles. The van der Waals surface area contributed by atoms with Gasteiger partial charge in [0, 0.05) is 5.38 Å². The van der Waals surface area contributed by atoms with Crippen LogP contribution >= 0.6 is 34.0 Å². The Labute approximate surface area is 148 Å². The van der Waals surface area contributed by atoms with Crippen molar-refractivity contribution in [2.45, 2.75) is 6.61 Å². The van der Waals surface area contributed by atoms with Crippen LogP contribution in [0.25, 0.3) is 20.6 Å². The van der Waals surface area contributed by atoms with Gasteiger partial charge >= 0.3 is 5.97 Å². The lowest BCUT2D eigenvalue weighted by atomic mass is 10.4. The Balaban J connectivity index is 1.40. The molecule has 9 heteroatoms. The number of hydrogen-bond donors (Lipinski definition) is 0.